The summed E-state index contributed by atoms with van der Waals surface area (Å²) in [5.41, 5.74) is 2.89. The second-order valence-corrected chi connectivity index (χ2v) is 10.7. The highest BCUT2D eigenvalue weighted by atomic mass is 32.2. The first-order chi connectivity index (χ1) is 16.3. The molecule has 0 spiro atoms. The van der Waals surface area contributed by atoms with E-state index in [2.05, 4.69) is 15.0 Å². The number of piperazine rings is 2. The topological polar surface area (TPSA) is 103 Å². The van der Waals surface area contributed by atoms with Gasteiger partial charge in [0.05, 0.1) is 22.3 Å². The molecular formula is C23H28N6O4S. The van der Waals surface area contributed by atoms with Crippen LogP contribution in [0.5, 0.6) is 0 Å². The molecule has 10 nitrogen and oxygen atoms in total. The first kappa shape index (κ1) is 22.9. The molecule has 2 aromatic heterocycles. The van der Waals surface area contributed by atoms with Gasteiger partial charge >= 0.3 is 0 Å². The zero-order valence-electron chi connectivity index (χ0n) is 19.3. The number of aromatic nitrogens is 2. The van der Waals surface area contributed by atoms with E-state index < -0.39 is 10.2 Å². The summed E-state index contributed by atoms with van der Waals surface area (Å²) in [6.07, 6.45) is 0. The first-order valence-electron chi connectivity index (χ1n) is 11.4. The molecule has 1 aromatic carbocycles. The minimum absolute atomic E-state index is 0.174. The molecule has 2 fully saturated rings. The lowest BCUT2D eigenvalue weighted by atomic mass is 10.0. The van der Waals surface area contributed by atoms with Crippen molar-refractivity contribution in [1.29, 1.82) is 0 Å². The number of carbonyl (C=O) groups excluding carboxylic acids is 1. The molecule has 0 saturated carbocycles. The van der Waals surface area contributed by atoms with E-state index in [0.29, 0.717) is 54.2 Å². The molecule has 0 unspecified atom stereocenters. The average molecular weight is 485 g/mol. The van der Waals surface area contributed by atoms with Gasteiger partial charge in [0.1, 0.15) is 0 Å². The van der Waals surface area contributed by atoms with Crippen LogP contribution in [0.4, 0.5) is 0 Å². The Hall–Kier alpha value is -2.86. The number of rotatable bonds is 4. The highest BCUT2D eigenvalue weighted by molar-refractivity contribution is 7.86. The summed E-state index contributed by atoms with van der Waals surface area (Å²) in [5, 5.41) is 4.61. The second-order valence-electron chi connectivity index (χ2n) is 8.77. The third-order valence-electron chi connectivity index (χ3n) is 6.56. The van der Waals surface area contributed by atoms with Crippen molar-refractivity contribution in [2.24, 2.45) is 0 Å². The fourth-order valence-corrected chi connectivity index (χ4v) is 6.07. The lowest BCUT2D eigenvalue weighted by molar-refractivity contribution is 0.0694. The van der Waals surface area contributed by atoms with Gasteiger partial charge in [0.2, 0.25) is 0 Å². The summed E-state index contributed by atoms with van der Waals surface area (Å²) in [7, 11) is -1.54. The number of likely N-dealkylation sites (N-methyl/N-ethyl adjacent to an activating group) is 1. The highest BCUT2D eigenvalue weighted by Crippen LogP contribution is 2.28. The monoisotopic (exact) mass is 484 g/mol. The van der Waals surface area contributed by atoms with Gasteiger partial charge in [0.25, 0.3) is 21.8 Å². The van der Waals surface area contributed by atoms with Gasteiger partial charge in [-0.25, -0.2) is 4.98 Å². The van der Waals surface area contributed by atoms with E-state index in [-0.39, 0.29) is 19.0 Å². The molecule has 0 radical (unpaired) electrons. The van der Waals surface area contributed by atoms with E-state index in [1.807, 2.05) is 37.4 Å². The fraction of sp³-hybridized carbons (Fsp3) is 0.435. The summed E-state index contributed by atoms with van der Waals surface area (Å²) in [6, 6.07) is 11.4. The number of hydrogen-bond donors (Lipinski definition) is 0. The molecule has 2 aliphatic heterocycles. The number of hydrogen-bond acceptors (Lipinski definition) is 7. The highest BCUT2D eigenvalue weighted by Gasteiger charge is 2.35. The number of aryl methyl sites for hydroxylation is 1. The van der Waals surface area contributed by atoms with E-state index in [1.165, 1.54) is 4.31 Å². The summed E-state index contributed by atoms with van der Waals surface area (Å²) in [4.78, 5) is 22.0. The molecule has 180 valence electrons. The van der Waals surface area contributed by atoms with Gasteiger partial charge in [-0.1, -0.05) is 35.5 Å². The van der Waals surface area contributed by atoms with E-state index in [9.17, 15) is 13.2 Å². The Morgan fingerprint density at radius 2 is 1.56 bits per heavy atom. The van der Waals surface area contributed by atoms with Gasteiger partial charge in [0, 0.05) is 57.9 Å². The molecule has 34 heavy (non-hydrogen) atoms. The molecule has 2 saturated heterocycles. The van der Waals surface area contributed by atoms with Crippen molar-refractivity contribution in [1.82, 2.24) is 28.6 Å². The maximum absolute atomic E-state index is 13.6. The lowest BCUT2D eigenvalue weighted by Gasteiger charge is -2.39. The molecule has 0 N–H and O–H groups in total. The van der Waals surface area contributed by atoms with Crippen molar-refractivity contribution < 1.29 is 17.7 Å². The third-order valence-corrected chi connectivity index (χ3v) is 8.59. The fourth-order valence-electron chi connectivity index (χ4n) is 4.49. The van der Waals surface area contributed by atoms with Crippen LogP contribution >= 0.6 is 0 Å². The molecule has 2 aliphatic rings. The Morgan fingerprint density at radius 3 is 2.21 bits per heavy atom. The Morgan fingerprint density at radius 1 is 0.941 bits per heavy atom. The zero-order chi connectivity index (χ0) is 23.9. The number of pyridine rings is 1. The van der Waals surface area contributed by atoms with Crippen molar-refractivity contribution in [3.05, 3.63) is 47.7 Å². The van der Waals surface area contributed by atoms with Gasteiger partial charge in [0.15, 0.2) is 0 Å². The van der Waals surface area contributed by atoms with Gasteiger partial charge in [-0.15, -0.1) is 0 Å². The number of amides is 1. The number of benzene rings is 1. The predicted octanol–water partition coefficient (Wildman–Crippen LogP) is 1.45. The van der Waals surface area contributed by atoms with Crippen molar-refractivity contribution in [2.75, 3.05) is 59.4 Å². The molecular weight excluding hydrogens is 456 g/mol. The van der Waals surface area contributed by atoms with Crippen LogP contribution in [0.15, 0.2) is 40.9 Å². The Kier molecular flexibility index (Phi) is 6.11. The summed E-state index contributed by atoms with van der Waals surface area (Å²) < 4.78 is 34.6. The molecule has 11 heteroatoms. The molecule has 0 aliphatic carbocycles. The Bertz CT molecular complexity index is 1290. The average Bonchev–Trinajstić information content (AvgIpc) is 3.24. The van der Waals surface area contributed by atoms with E-state index in [0.717, 1.165) is 18.7 Å². The summed E-state index contributed by atoms with van der Waals surface area (Å²) in [5.74, 6) is -0.174. The van der Waals surface area contributed by atoms with Crippen molar-refractivity contribution in [3.8, 4) is 11.3 Å². The predicted molar refractivity (Wildman–Crippen MR) is 127 cm³/mol. The second kappa shape index (κ2) is 9.06. The van der Waals surface area contributed by atoms with Crippen LogP contribution in [0, 0.1) is 6.92 Å². The Balaban J connectivity index is 1.37. The maximum atomic E-state index is 13.6. The van der Waals surface area contributed by atoms with Crippen molar-refractivity contribution >= 4 is 27.2 Å². The molecule has 5 rings (SSSR count). The summed E-state index contributed by atoms with van der Waals surface area (Å²) in [6.45, 7) is 5.37. The molecule has 3 aromatic rings. The van der Waals surface area contributed by atoms with Crippen LogP contribution in [0.1, 0.15) is 16.1 Å². The lowest BCUT2D eigenvalue weighted by Crippen LogP contribution is -2.57. The van der Waals surface area contributed by atoms with Gasteiger partial charge < -0.3 is 14.3 Å². The van der Waals surface area contributed by atoms with Crippen LogP contribution in [0.25, 0.3) is 22.4 Å². The van der Waals surface area contributed by atoms with Crippen LogP contribution < -0.4 is 0 Å². The standard InChI is InChI=1S/C23H28N6O4S/c1-17-21-19(16-20(24-22(21)33-25-17)18-6-4-3-5-7-18)23(30)27-10-14-29(15-11-27)34(31,32)28-12-8-26(2)9-13-28/h3-7,16H,8-15H2,1-2H3. The smallest absolute Gasteiger partial charge is 0.282 e. The Labute approximate surface area is 198 Å². The maximum Gasteiger partial charge on any atom is 0.282 e. The quantitative estimate of drug-likeness (QED) is 0.552. The first-order valence-corrected chi connectivity index (χ1v) is 12.8. The number of nitrogens with zero attached hydrogens (tertiary/aromatic N) is 6. The molecule has 0 bridgehead atoms. The van der Waals surface area contributed by atoms with Crippen LogP contribution in [-0.2, 0) is 10.2 Å². The number of fused-ring (bicyclic) bond motifs is 1. The van der Waals surface area contributed by atoms with Crippen LogP contribution in [-0.4, -0.2) is 102 Å². The van der Waals surface area contributed by atoms with Crippen LogP contribution in [0.3, 0.4) is 0 Å². The SMILES string of the molecule is Cc1noc2nc(-c3ccccc3)cc(C(=O)N3CCN(S(=O)(=O)N4CCN(C)CC4)CC3)c12. The molecule has 1 amide bonds. The molecule has 0 atom stereocenters. The van der Waals surface area contributed by atoms with Crippen molar-refractivity contribution in [3.63, 3.8) is 0 Å². The minimum Gasteiger partial charge on any atom is -0.336 e. The normalized spacial score (nSPS) is 19.1. The number of carbonyl (C=O) groups is 1. The van der Waals surface area contributed by atoms with Crippen LogP contribution in [0.2, 0.25) is 0 Å². The van der Waals surface area contributed by atoms with Gasteiger partial charge in [-0.05, 0) is 20.0 Å². The summed E-state index contributed by atoms with van der Waals surface area (Å²) >= 11 is 0. The van der Waals surface area contributed by atoms with Crippen molar-refractivity contribution in [2.45, 2.75) is 6.92 Å². The van der Waals surface area contributed by atoms with E-state index in [1.54, 1.807) is 22.2 Å². The third kappa shape index (κ3) is 4.20. The minimum atomic E-state index is -3.53. The van der Waals surface area contributed by atoms with E-state index in [4.69, 9.17) is 4.52 Å². The van der Waals surface area contributed by atoms with E-state index >= 15 is 0 Å². The zero-order valence-corrected chi connectivity index (χ0v) is 20.2. The largest absolute Gasteiger partial charge is 0.336 e. The van der Waals surface area contributed by atoms with Gasteiger partial charge in [-0.2, -0.15) is 17.0 Å². The molecule has 4 heterocycles. The van der Waals surface area contributed by atoms with Gasteiger partial charge in [-0.3, -0.25) is 4.79 Å².